The van der Waals surface area contributed by atoms with Gasteiger partial charge < -0.3 is 5.32 Å². The zero-order valence-electron chi connectivity index (χ0n) is 16.2. The predicted molar refractivity (Wildman–Crippen MR) is 121 cm³/mol. The van der Waals surface area contributed by atoms with Gasteiger partial charge in [-0.25, -0.2) is 18.5 Å². The minimum absolute atomic E-state index is 0.0465. The van der Waals surface area contributed by atoms with E-state index in [0.717, 1.165) is 17.3 Å². The molecular weight excluding hydrogens is 456 g/mol. The lowest BCUT2D eigenvalue weighted by molar-refractivity contribution is -0.115. The van der Waals surface area contributed by atoms with Crippen molar-refractivity contribution in [1.29, 1.82) is 5.26 Å². The Morgan fingerprint density at radius 3 is 2.35 bits per heavy atom. The molecule has 3 aromatic rings. The van der Waals surface area contributed by atoms with Crippen molar-refractivity contribution in [2.75, 3.05) is 5.32 Å². The van der Waals surface area contributed by atoms with Gasteiger partial charge in [0.1, 0.15) is 11.1 Å². The Bertz CT molecular complexity index is 1260. The largest absolute Gasteiger partial charge is 0.325 e. The lowest BCUT2D eigenvalue weighted by atomic mass is 10.1. The number of sulfonamides is 1. The van der Waals surface area contributed by atoms with E-state index in [-0.39, 0.29) is 10.8 Å². The molecule has 1 atom stereocenters. The van der Waals surface area contributed by atoms with E-state index in [1.165, 1.54) is 24.3 Å². The molecule has 3 rings (SSSR count). The maximum absolute atomic E-state index is 12.6. The molecule has 1 heterocycles. The number of hydrogen-bond donors (Lipinski definition) is 2. The number of rotatable bonds is 6. The summed E-state index contributed by atoms with van der Waals surface area (Å²) >= 11 is 7.09. The summed E-state index contributed by atoms with van der Waals surface area (Å²) in [4.78, 5) is 17.1. The summed E-state index contributed by atoms with van der Waals surface area (Å²) in [6.45, 7) is 1.69. The van der Waals surface area contributed by atoms with Crippen LogP contribution in [0.2, 0.25) is 5.02 Å². The number of carbonyl (C=O) groups excluding carboxylic acids is 1. The molecule has 7 nitrogen and oxygen atoms in total. The van der Waals surface area contributed by atoms with E-state index in [2.05, 4.69) is 16.4 Å². The number of amides is 1. The van der Waals surface area contributed by atoms with Crippen LogP contribution in [0.25, 0.3) is 11.3 Å². The van der Waals surface area contributed by atoms with Crippen LogP contribution in [-0.4, -0.2) is 24.6 Å². The Morgan fingerprint density at radius 1 is 1.13 bits per heavy atom. The number of nitrogens with zero attached hydrogens (tertiary/aromatic N) is 2. The highest BCUT2D eigenvalue weighted by atomic mass is 35.5. The minimum atomic E-state index is -3.81. The number of anilines is 1. The van der Waals surface area contributed by atoms with Crippen LogP contribution in [0.1, 0.15) is 12.5 Å². The molecule has 0 aliphatic rings. The van der Waals surface area contributed by atoms with Crippen molar-refractivity contribution in [2.45, 2.75) is 22.1 Å². The van der Waals surface area contributed by atoms with Crippen molar-refractivity contribution < 1.29 is 13.2 Å². The van der Waals surface area contributed by atoms with Crippen LogP contribution in [0.3, 0.4) is 0 Å². The average molecular weight is 473 g/mol. The summed E-state index contributed by atoms with van der Waals surface area (Å²) in [6.07, 6.45) is 0. The van der Waals surface area contributed by atoms with Gasteiger partial charge in [0.25, 0.3) is 0 Å². The van der Waals surface area contributed by atoms with Crippen LogP contribution in [-0.2, 0) is 14.8 Å². The van der Waals surface area contributed by atoms with E-state index in [0.29, 0.717) is 27.0 Å². The maximum Gasteiger partial charge on any atom is 0.238 e. The number of benzene rings is 2. The van der Waals surface area contributed by atoms with E-state index in [1.807, 2.05) is 12.1 Å². The van der Waals surface area contributed by atoms with E-state index >= 15 is 0 Å². The molecule has 2 aromatic carbocycles. The lowest BCUT2D eigenvalue weighted by Gasteiger charge is -2.13. The molecule has 1 unspecified atom stereocenters. The van der Waals surface area contributed by atoms with Gasteiger partial charge >= 0.3 is 0 Å². The minimum Gasteiger partial charge on any atom is -0.325 e. The first kappa shape index (κ1) is 22.8. The Labute approximate surface area is 189 Å². The lowest BCUT2D eigenvalue weighted by Crippen LogP contribution is -2.22. The third-order valence-corrected chi connectivity index (χ3v) is 6.51. The van der Waals surface area contributed by atoms with Gasteiger partial charge in [-0.05, 0) is 55.5 Å². The molecule has 1 aromatic heterocycles. The second-order valence-corrected chi connectivity index (χ2v) is 9.81. The van der Waals surface area contributed by atoms with Crippen LogP contribution in [0.5, 0.6) is 0 Å². The third-order valence-electron chi connectivity index (χ3n) is 4.23. The van der Waals surface area contributed by atoms with Crippen molar-refractivity contribution in [1.82, 2.24) is 4.98 Å². The number of nitrogens with one attached hydrogen (secondary N) is 1. The Kier molecular flexibility index (Phi) is 6.97. The zero-order valence-corrected chi connectivity index (χ0v) is 18.6. The van der Waals surface area contributed by atoms with Gasteiger partial charge in [0, 0.05) is 16.3 Å². The van der Waals surface area contributed by atoms with Crippen molar-refractivity contribution in [3.8, 4) is 17.3 Å². The SMILES string of the molecule is CC(Sc1nc(-c2ccc(Cl)cc2)ccc1C#N)C(=O)Nc1ccc(S(N)(=O)=O)cc1. The molecule has 0 aliphatic heterocycles. The zero-order chi connectivity index (χ0) is 22.6. The molecule has 0 radical (unpaired) electrons. The molecule has 10 heteroatoms. The molecule has 31 heavy (non-hydrogen) atoms. The van der Waals surface area contributed by atoms with E-state index in [4.69, 9.17) is 16.7 Å². The average Bonchev–Trinajstić information content (AvgIpc) is 2.74. The number of thioether (sulfide) groups is 1. The van der Waals surface area contributed by atoms with Gasteiger partial charge in [-0.1, -0.05) is 35.5 Å². The van der Waals surface area contributed by atoms with Crippen molar-refractivity contribution in [2.24, 2.45) is 5.14 Å². The first-order chi connectivity index (χ1) is 14.7. The van der Waals surface area contributed by atoms with Gasteiger partial charge in [-0.3, -0.25) is 4.79 Å². The normalized spacial score (nSPS) is 12.1. The van der Waals surface area contributed by atoms with Gasteiger partial charge in [0.15, 0.2) is 0 Å². The summed E-state index contributed by atoms with van der Waals surface area (Å²) in [5.74, 6) is -0.323. The number of aromatic nitrogens is 1. The number of nitrogens with two attached hydrogens (primary N) is 1. The highest BCUT2D eigenvalue weighted by Crippen LogP contribution is 2.29. The summed E-state index contributed by atoms with van der Waals surface area (Å²) in [6, 6.07) is 18.2. The number of hydrogen-bond acceptors (Lipinski definition) is 6. The first-order valence-corrected chi connectivity index (χ1v) is 11.8. The Balaban J connectivity index is 1.76. The molecule has 0 saturated carbocycles. The molecule has 0 aliphatic carbocycles. The molecule has 0 saturated heterocycles. The number of primary sulfonamides is 1. The van der Waals surface area contributed by atoms with E-state index in [9.17, 15) is 18.5 Å². The molecule has 0 bridgehead atoms. The second kappa shape index (κ2) is 9.49. The van der Waals surface area contributed by atoms with Gasteiger partial charge in [0.2, 0.25) is 15.9 Å². The van der Waals surface area contributed by atoms with Crippen molar-refractivity contribution in [3.05, 3.63) is 71.2 Å². The molecule has 1 amide bonds. The van der Waals surface area contributed by atoms with Crippen LogP contribution >= 0.6 is 23.4 Å². The van der Waals surface area contributed by atoms with Gasteiger partial charge in [0.05, 0.1) is 21.4 Å². The predicted octanol–water partition coefficient (Wildman–Crippen LogP) is 4.04. The highest BCUT2D eigenvalue weighted by Gasteiger charge is 2.19. The van der Waals surface area contributed by atoms with Crippen molar-refractivity contribution >= 4 is 45.0 Å². The van der Waals surface area contributed by atoms with Crippen molar-refractivity contribution in [3.63, 3.8) is 0 Å². The second-order valence-electron chi connectivity index (χ2n) is 6.49. The fraction of sp³-hybridized carbons (Fsp3) is 0.0952. The number of nitriles is 1. The van der Waals surface area contributed by atoms with E-state index in [1.54, 1.807) is 31.2 Å². The summed E-state index contributed by atoms with van der Waals surface area (Å²) in [5.41, 5.74) is 2.28. The Morgan fingerprint density at radius 2 is 1.77 bits per heavy atom. The quantitative estimate of drug-likeness (QED) is 0.521. The summed E-state index contributed by atoms with van der Waals surface area (Å²) < 4.78 is 22.7. The van der Waals surface area contributed by atoms with Gasteiger partial charge in [-0.2, -0.15) is 5.26 Å². The number of halogens is 1. The maximum atomic E-state index is 12.6. The standard InChI is InChI=1S/C21H17ClN4O3S2/c1-13(20(27)25-17-7-9-18(10-8-17)31(24,28)29)30-21-15(12-23)4-11-19(26-21)14-2-5-16(22)6-3-14/h2-11,13H,1H3,(H,25,27)(H2,24,28,29). The van der Waals surface area contributed by atoms with Crippen LogP contribution in [0.4, 0.5) is 5.69 Å². The molecule has 0 spiro atoms. The molecule has 0 fully saturated rings. The smallest absolute Gasteiger partial charge is 0.238 e. The van der Waals surface area contributed by atoms with Crippen LogP contribution < -0.4 is 10.5 Å². The number of carbonyl (C=O) groups is 1. The monoisotopic (exact) mass is 472 g/mol. The van der Waals surface area contributed by atoms with Gasteiger partial charge in [-0.15, -0.1) is 0 Å². The highest BCUT2D eigenvalue weighted by molar-refractivity contribution is 8.00. The molecule has 3 N–H and O–H groups in total. The fourth-order valence-electron chi connectivity index (χ4n) is 2.59. The molecular formula is C21H17ClN4O3S2. The summed E-state index contributed by atoms with van der Waals surface area (Å²) in [5, 5.41) is 17.7. The van der Waals surface area contributed by atoms with Crippen LogP contribution in [0.15, 0.2) is 70.6 Å². The van der Waals surface area contributed by atoms with Crippen LogP contribution in [0, 0.1) is 11.3 Å². The first-order valence-electron chi connectivity index (χ1n) is 8.95. The Hall–Kier alpha value is -2.90. The van der Waals surface area contributed by atoms with E-state index < -0.39 is 15.3 Å². The topological polar surface area (TPSA) is 126 Å². The number of pyridine rings is 1. The third kappa shape index (κ3) is 5.83. The summed E-state index contributed by atoms with van der Waals surface area (Å²) in [7, 11) is -3.81. The fourth-order valence-corrected chi connectivity index (χ4v) is 4.12. The molecule has 158 valence electrons.